The van der Waals surface area contributed by atoms with Crippen molar-refractivity contribution in [1.82, 2.24) is 19.5 Å². The minimum Gasteiger partial charge on any atom is -0.778 e. The van der Waals surface area contributed by atoms with Gasteiger partial charge in [0.05, 0.1) is 38.4 Å². The molecule has 0 amide bonds. The van der Waals surface area contributed by atoms with Crippen LogP contribution in [0.5, 0.6) is 0 Å². The Bertz CT molecular complexity index is 896. The number of anilines is 1. The molecule has 2 heterocycles. The molecule has 13 nitrogen and oxygen atoms in total. The standard InChI is InChI=1S/C13H20N5O8P/c14-13-16-11-10(12(22)17-13)15-7-18(11)4-8(5-19)25-2-1-3-26-27(23,24)6-9(20)21/h7-8,19H,1-6H2,(H,20,21)(H,23,24)(H3,14,16,17,22)/p-2/t8-/m0/s1. The lowest BCUT2D eigenvalue weighted by atomic mass is 10.3. The summed E-state index contributed by atoms with van der Waals surface area (Å²) >= 11 is 0. The number of aromatic amines is 1. The Hall–Kier alpha value is -2.31. The summed E-state index contributed by atoms with van der Waals surface area (Å²) in [5.41, 5.74) is 5.34. The summed E-state index contributed by atoms with van der Waals surface area (Å²) in [6, 6.07) is 0. The van der Waals surface area contributed by atoms with E-state index < -0.39 is 31.4 Å². The number of nitrogen functional groups attached to an aromatic ring is 1. The molecular formula is C13H18N5O8P-2. The van der Waals surface area contributed by atoms with Crippen LogP contribution in [0.2, 0.25) is 0 Å². The number of aliphatic hydroxyl groups is 1. The van der Waals surface area contributed by atoms with E-state index in [0.717, 1.165) is 0 Å². The maximum Gasteiger partial charge on any atom is 0.280 e. The van der Waals surface area contributed by atoms with Crippen molar-refractivity contribution in [3.63, 3.8) is 0 Å². The zero-order valence-corrected chi connectivity index (χ0v) is 15.0. The van der Waals surface area contributed by atoms with Crippen molar-refractivity contribution in [2.75, 3.05) is 31.7 Å². The lowest BCUT2D eigenvalue weighted by molar-refractivity contribution is -0.303. The minimum absolute atomic E-state index is 0.0410. The summed E-state index contributed by atoms with van der Waals surface area (Å²) in [5.74, 6) is -1.82. The van der Waals surface area contributed by atoms with Crippen LogP contribution in [0.4, 0.5) is 5.95 Å². The molecule has 0 aliphatic carbocycles. The number of hydrogen-bond donors (Lipinski definition) is 3. The smallest absolute Gasteiger partial charge is 0.280 e. The van der Waals surface area contributed by atoms with Gasteiger partial charge in [-0.15, -0.1) is 0 Å². The zero-order chi connectivity index (χ0) is 20.0. The van der Waals surface area contributed by atoms with E-state index in [0.29, 0.717) is 0 Å². The first-order chi connectivity index (χ1) is 12.7. The van der Waals surface area contributed by atoms with Gasteiger partial charge in [0.25, 0.3) is 5.56 Å². The van der Waals surface area contributed by atoms with E-state index in [9.17, 15) is 29.3 Å². The highest BCUT2D eigenvalue weighted by Crippen LogP contribution is 2.35. The van der Waals surface area contributed by atoms with Crippen LogP contribution in [0.3, 0.4) is 0 Å². The molecule has 0 saturated heterocycles. The average Bonchev–Trinajstić information content (AvgIpc) is 2.95. The number of aromatic nitrogens is 4. The summed E-state index contributed by atoms with van der Waals surface area (Å²) in [6.45, 7) is -0.467. The number of carbonyl (C=O) groups is 1. The van der Waals surface area contributed by atoms with Crippen LogP contribution in [0.1, 0.15) is 6.42 Å². The second-order valence-corrected chi connectivity index (χ2v) is 7.32. The average molecular weight is 403 g/mol. The van der Waals surface area contributed by atoms with Gasteiger partial charge in [-0.3, -0.25) is 9.78 Å². The molecule has 0 aromatic carbocycles. The topological polar surface area (TPSA) is 209 Å². The summed E-state index contributed by atoms with van der Waals surface area (Å²) in [5, 5.41) is 19.7. The number of aliphatic hydroxyl groups excluding tert-OH is 1. The summed E-state index contributed by atoms with van der Waals surface area (Å²) in [6.07, 6.45) is -0.386. The number of imidazole rings is 1. The van der Waals surface area contributed by atoms with E-state index in [-0.39, 0.29) is 49.9 Å². The predicted octanol–water partition coefficient (Wildman–Crippen LogP) is -3.21. The number of nitrogens with two attached hydrogens (primary N) is 1. The van der Waals surface area contributed by atoms with Crippen molar-refractivity contribution >= 4 is 30.7 Å². The van der Waals surface area contributed by atoms with Crippen LogP contribution in [-0.4, -0.2) is 62.7 Å². The Kier molecular flexibility index (Phi) is 7.05. The molecule has 2 atom stereocenters. The van der Waals surface area contributed by atoms with Gasteiger partial charge in [-0.1, -0.05) is 0 Å². The molecule has 2 rings (SSSR count). The quantitative estimate of drug-likeness (QED) is 0.251. The lowest BCUT2D eigenvalue weighted by Gasteiger charge is -2.23. The van der Waals surface area contributed by atoms with Gasteiger partial charge >= 0.3 is 0 Å². The van der Waals surface area contributed by atoms with E-state index in [2.05, 4.69) is 19.5 Å². The SMILES string of the molecule is Nc1nc2c(ncn2C[C@@H](CO)OCCCOP(=O)([O-])CC(=O)[O-])c(=O)[nH]1. The van der Waals surface area contributed by atoms with Crippen LogP contribution in [0.15, 0.2) is 11.1 Å². The van der Waals surface area contributed by atoms with Gasteiger partial charge in [0.1, 0.15) is 7.60 Å². The van der Waals surface area contributed by atoms with Crippen LogP contribution in [0.25, 0.3) is 11.2 Å². The van der Waals surface area contributed by atoms with Crippen molar-refractivity contribution in [1.29, 1.82) is 0 Å². The number of fused-ring (bicyclic) bond motifs is 1. The van der Waals surface area contributed by atoms with E-state index in [1.165, 1.54) is 10.9 Å². The summed E-state index contributed by atoms with van der Waals surface area (Å²) < 4.78 is 22.7. The number of carboxylic acid groups (broad SMARTS) is 1. The number of carbonyl (C=O) groups excluding carboxylic acids is 1. The first kappa shape index (κ1) is 21.0. The monoisotopic (exact) mass is 403 g/mol. The van der Waals surface area contributed by atoms with Crippen LogP contribution in [-0.2, 0) is 25.2 Å². The van der Waals surface area contributed by atoms with Gasteiger partial charge in [0.2, 0.25) is 5.95 Å². The summed E-state index contributed by atoms with van der Waals surface area (Å²) in [4.78, 5) is 43.5. The molecule has 0 saturated carbocycles. The molecule has 150 valence electrons. The van der Waals surface area contributed by atoms with Gasteiger partial charge in [-0.25, -0.2) is 4.98 Å². The highest BCUT2D eigenvalue weighted by atomic mass is 31.2. The molecule has 0 spiro atoms. The fourth-order valence-corrected chi connectivity index (χ4v) is 3.02. The molecule has 4 N–H and O–H groups in total. The van der Waals surface area contributed by atoms with E-state index in [4.69, 9.17) is 10.5 Å². The molecule has 0 fully saturated rings. The third kappa shape index (κ3) is 6.12. The van der Waals surface area contributed by atoms with E-state index in [1.54, 1.807) is 0 Å². The normalized spacial score (nSPS) is 14.9. The number of H-pyrrole nitrogens is 1. The Morgan fingerprint density at radius 2 is 2.22 bits per heavy atom. The molecule has 0 bridgehead atoms. The number of rotatable bonds is 11. The molecule has 0 aliphatic heterocycles. The van der Waals surface area contributed by atoms with E-state index >= 15 is 0 Å². The van der Waals surface area contributed by atoms with Crippen molar-refractivity contribution in [3.05, 3.63) is 16.7 Å². The Balaban J connectivity index is 1.85. The molecule has 0 aliphatic rings. The molecule has 1 unspecified atom stereocenters. The maximum atomic E-state index is 11.7. The van der Waals surface area contributed by atoms with Gasteiger partial charge in [0.15, 0.2) is 11.2 Å². The van der Waals surface area contributed by atoms with Crippen molar-refractivity contribution in [3.8, 4) is 0 Å². The Morgan fingerprint density at radius 1 is 1.48 bits per heavy atom. The molecule has 0 radical (unpaired) electrons. The third-order valence-electron chi connectivity index (χ3n) is 3.35. The largest absolute Gasteiger partial charge is 0.778 e. The first-order valence-electron chi connectivity index (χ1n) is 7.79. The van der Waals surface area contributed by atoms with Crippen LogP contribution < -0.4 is 21.3 Å². The van der Waals surface area contributed by atoms with E-state index in [1.807, 2.05) is 0 Å². The van der Waals surface area contributed by atoms with Gasteiger partial charge in [0, 0.05) is 12.6 Å². The fraction of sp³-hybridized carbons (Fsp3) is 0.538. The maximum absolute atomic E-state index is 11.7. The third-order valence-corrected chi connectivity index (χ3v) is 4.57. The van der Waals surface area contributed by atoms with Gasteiger partial charge in [-0.2, -0.15) is 4.98 Å². The van der Waals surface area contributed by atoms with Crippen molar-refractivity contribution < 1.29 is 33.7 Å². The zero-order valence-electron chi connectivity index (χ0n) is 14.1. The predicted molar refractivity (Wildman–Crippen MR) is 87.4 cm³/mol. The Labute approximate surface area is 152 Å². The number of nitrogens with one attached hydrogen (secondary N) is 1. The van der Waals surface area contributed by atoms with Gasteiger partial charge < -0.3 is 44.0 Å². The molecular weight excluding hydrogens is 385 g/mol. The van der Waals surface area contributed by atoms with Crippen LogP contribution in [0, 0.1) is 0 Å². The first-order valence-corrected chi connectivity index (χ1v) is 9.52. The minimum atomic E-state index is -4.48. The summed E-state index contributed by atoms with van der Waals surface area (Å²) in [7, 11) is -4.48. The van der Waals surface area contributed by atoms with Crippen molar-refractivity contribution in [2.45, 2.75) is 19.1 Å². The Morgan fingerprint density at radius 3 is 2.89 bits per heavy atom. The molecule has 14 heteroatoms. The fourth-order valence-electron chi connectivity index (χ4n) is 2.20. The number of hydrogen-bond acceptors (Lipinski definition) is 11. The number of nitrogens with zero attached hydrogens (tertiary/aromatic N) is 3. The molecule has 27 heavy (non-hydrogen) atoms. The highest BCUT2D eigenvalue weighted by molar-refractivity contribution is 7.52. The molecule has 2 aromatic heterocycles. The lowest BCUT2D eigenvalue weighted by Crippen LogP contribution is -2.29. The molecule has 2 aromatic rings. The number of carboxylic acids is 1. The second kappa shape index (κ2) is 9.06. The number of ether oxygens (including phenoxy) is 1. The van der Waals surface area contributed by atoms with Crippen LogP contribution >= 0.6 is 7.60 Å². The van der Waals surface area contributed by atoms with Gasteiger partial charge in [-0.05, 0) is 6.42 Å². The number of aliphatic carboxylic acids is 1. The second-order valence-electron chi connectivity index (χ2n) is 5.52. The highest BCUT2D eigenvalue weighted by Gasteiger charge is 2.15. The van der Waals surface area contributed by atoms with Crippen molar-refractivity contribution in [2.24, 2.45) is 0 Å².